The van der Waals surface area contributed by atoms with Gasteiger partial charge in [-0.1, -0.05) is 30.1 Å². The molecule has 2 N–H and O–H groups in total. The van der Waals surface area contributed by atoms with E-state index in [1.165, 1.54) is 0 Å². The van der Waals surface area contributed by atoms with Crippen LogP contribution in [0.2, 0.25) is 10.0 Å². The fourth-order valence-electron chi connectivity index (χ4n) is 1.62. The van der Waals surface area contributed by atoms with Crippen LogP contribution in [0.15, 0.2) is 24.3 Å². The van der Waals surface area contributed by atoms with Gasteiger partial charge in [0.05, 0.1) is 0 Å². The molecule has 2 aromatic rings. The van der Waals surface area contributed by atoms with E-state index in [1.807, 2.05) is 20.0 Å². The van der Waals surface area contributed by atoms with Gasteiger partial charge in [-0.2, -0.15) is 0 Å². The van der Waals surface area contributed by atoms with E-state index < -0.39 is 0 Å². The molecule has 0 aliphatic rings. The van der Waals surface area contributed by atoms with Crippen molar-refractivity contribution in [3.05, 3.63) is 40.1 Å². The van der Waals surface area contributed by atoms with Gasteiger partial charge in [0.1, 0.15) is 17.5 Å². The van der Waals surface area contributed by atoms with Crippen molar-refractivity contribution < 1.29 is 0 Å². The van der Waals surface area contributed by atoms with Crippen molar-refractivity contribution in [2.45, 2.75) is 13.3 Å². The molecule has 0 unspecified atom stereocenters. The molecule has 1 aromatic heterocycles. The Morgan fingerprint density at radius 1 is 1.00 bits per heavy atom. The van der Waals surface area contributed by atoms with Gasteiger partial charge in [-0.25, -0.2) is 9.97 Å². The molecule has 0 saturated heterocycles. The molecule has 0 spiro atoms. The first kappa shape index (κ1) is 13.9. The second-order valence-corrected chi connectivity index (χ2v) is 4.81. The Morgan fingerprint density at radius 2 is 1.63 bits per heavy atom. The van der Waals surface area contributed by atoms with Gasteiger partial charge in [-0.3, -0.25) is 0 Å². The van der Waals surface area contributed by atoms with Gasteiger partial charge in [0, 0.05) is 35.3 Å². The van der Waals surface area contributed by atoms with Gasteiger partial charge in [0.2, 0.25) is 0 Å². The zero-order chi connectivity index (χ0) is 13.8. The summed E-state index contributed by atoms with van der Waals surface area (Å²) in [5, 5.41) is 7.34. The molecule has 0 saturated carbocycles. The number of anilines is 3. The summed E-state index contributed by atoms with van der Waals surface area (Å²) >= 11 is 11.9. The van der Waals surface area contributed by atoms with Crippen molar-refractivity contribution in [1.29, 1.82) is 0 Å². The van der Waals surface area contributed by atoms with Crippen molar-refractivity contribution in [2.24, 2.45) is 0 Å². The molecule has 0 fully saturated rings. The van der Waals surface area contributed by atoms with E-state index in [0.717, 1.165) is 23.8 Å². The zero-order valence-corrected chi connectivity index (χ0v) is 12.2. The Morgan fingerprint density at radius 3 is 2.21 bits per heavy atom. The molecule has 0 amide bonds. The number of hydrogen-bond acceptors (Lipinski definition) is 4. The molecule has 0 atom stereocenters. The number of halogens is 2. The second kappa shape index (κ2) is 6.08. The molecule has 0 radical (unpaired) electrons. The van der Waals surface area contributed by atoms with Crippen LogP contribution in [0.3, 0.4) is 0 Å². The molecule has 0 aliphatic carbocycles. The molecule has 1 heterocycles. The highest BCUT2D eigenvalue weighted by Crippen LogP contribution is 2.25. The second-order valence-electron chi connectivity index (χ2n) is 3.94. The first-order valence-corrected chi connectivity index (χ1v) is 6.65. The van der Waals surface area contributed by atoms with E-state index in [-0.39, 0.29) is 0 Å². The van der Waals surface area contributed by atoms with E-state index in [9.17, 15) is 0 Å². The zero-order valence-electron chi connectivity index (χ0n) is 10.7. The predicted octanol–water partition coefficient (Wildman–Crippen LogP) is 4.13. The Labute approximate surface area is 122 Å². The number of nitrogens with one attached hydrogen (secondary N) is 2. The van der Waals surface area contributed by atoms with Crippen LogP contribution < -0.4 is 10.6 Å². The third kappa shape index (κ3) is 3.72. The van der Waals surface area contributed by atoms with E-state index in [0.29, 0.717) is 15.9 Å². The number of nitrogens with zero attached hydrogens (tertiary/aromatic N) is 2. The number of rotatable bonds is 4. The Kier molecular flexibility index (Phi) is 4.45. The molecule has 1 aromatic carbocycles. The smallest absolute Gasteiger partial charge is 0.136 e. The largest absolute Gasteiger partial charge is 0.373 e. The third-order valence-electron chi connectivity index (χ3n) is 2.48. The van der Waals surface area contributed by atoms with Gasteiger partial charge in [0.15, 0.2) is 0 Å². The van der Waals surface area contributed by atoms with Crippen LogP contribution in [0.1, 0.15) is 12.7 Å². The lowest BCUT2D eigenvalue weighted by Gasteiger charge is -2.09. The van der Waals surface area contributed by atoms with Crippen molar-refractivity contribution in [3.63, 3.8) is 0 Å². The number of benzene rings is 1. The summed E-state index contributed by atoms with van der Waals surface area (Å²) in [5.74, 6) is 2.24. The SMILES string of the molecule is CCc1nc(NC)cc(Nc2cc(Cl)cc(Cl)c2)n1. The monoisotopic (exact) mass is 296 g/mol. The minimum Gasteiger partial charge on any atom is -0.373 e. The highest BCUT2D eigenvalue weighted by Gasteiger charge is 2.04. The maximum absolute atomic E-state index is 5.96. The predicted molar refractivity (Wildman–Crippen MR) is 80.7 cm³/mol. The first-order valence-electron chi connectivity index (χ1n) is 5.89. The van der Waals surface area contributed by atoms with Crippen molar-refractivity contribution in [1.82, 2.24) is 9.97 Å². The molecule has 100 valence electrons. The summed E-state index contributed by atoms with van der Waals surface area (Å²) in [7, 11) is 1.82. The van der Waals surface area contributed by atoms with Crippen LogP contribution in [0.5, 0.6) is 0 Å². The lowest BCUT2D eigenvalue weighted by atomic mass is 10.3. The first-order chi connectivity index (χ1) is 9.10. The fourth-order valence-corrected chi connectivity index (χ4v) is 2.15. The highest BCUT2D eigenvalue weighted by atomic mass is 35.5. The summed E-state index contributed by atoms with van der Waals surface area (Å²) in [6, 6.07) is 7.10. The van der Waals surface area contributed by atoms with Gasteiger partial charge in [0.25, 0.3) is 0 Å². The lowest BCUT2D eigenvalue weighted by Crippen LogP contribution is -2.03. The lowest BCUT2D eigenvalue weighted by molar-refractivity contribution is 0.945. The topological polar surface area (TPSA) is 49.8 Å². The highest BCUT2D eigenvalue weighted by molar-refractivity contribution is 6.35. The number of aryl methyl sites for hydroxylation is 1. The van der Waals surface area contributed by atoms with Crippen molar-refractivity contribution >= 4 is 40.5 Å². The van der Waals surface area contributed by atoms with Crippen molar-refractivity contribution in [3.8, 4) is 0 Å². The van der Waals surface area contributed by atoms with E-state index >= 15 is 0 Å². The molecule has 19 heavy (non-hydrogen) atoms. The summed E-state index contributed by atoms with van der Waals surface area (Å²) < 4.78 is 0. The average Bonchev–Trinajstić information content (AvgIpc) is 2.37. The molecular formula is C13H14Cl2N4. The quantitative estimate of drug-likeness (QED) is 0.891. The average molecular weight is 297 g/mol. The van der Waals surface area contributed by atoms with E-state index in [4.69, 9.17) is 23.2 Å². The van der Waals surface area contributed by atoms with Crippen LogP contribution in [-0.2, 0) is 6.42 Å². The normalized spacial score (nSPS) is 10.3. The van der Waals surface area contributed by atoms with Crippen molar-refractivity contribution in [2.75, 3.05) is 17.7 Å². The van der Waals surface area contributed by atoms with Gasteiger partial charge < -0.3 is 10.6 Å². The summed E-state index contributed by atoms with van der Waals surface area (Å²) in [6.45, 7) is 2.01. The molecule has 6 heteroatoms. The fraction of sp³-hybridized carbons (Fsp3) is 0.231. The molecule has 4 nitrogen and oxygen atoms in total. The maximum Gasteiger partial charge on any atom is 0.136 e. The molecule has 0 bridgehead atoms. The minimum absolute atomic E-state index is 0.577. The Bertz CT molecular complexity index is 544. The molecular weight excluding hydrogens is 283 g/mol. The maximum atomic E-state index is 5.96. The van der Waals surface area contributed by atoms with Crippen LogP contribution in [0.4, 0.5) is 17.3 Å². The summed E-state index contributed by atoms with van der Waals surface area (Å²) in [6.07, 6.45) is 0.764. The number of hydrogen-bond donors (Lipinski definition) is 2. The van der Waals surface area contributed by atoms with Crippen LogP contribution >= 0.6 is 23.2 Å². The van der Waals surface area contributed by atoms with Crippen LogP contribution in [0, 0.1) is 0 Å². The standard InChI is InChI=1S/C13H14Cl2N4/c1-3-11-18-12(16-2)7-13(19-11)17-10-5-8(14)4-9(15)6-10/h4-7H,3H2,1-2H3,(H2,16,17,18,19). The molecule has 2 rings (SSSR count). The molecule has 0 aliphatic heterocycles. The van der Waals surface area contributed by atoms with Gasteiger partial charge in [-0.15, -0.1) is 0 Å². The van der Waals surface area contributed by atoms with E-state index in [2.05, 4.69) is 20.6 Å². The van der Waals surface area contributed by atoms with E-state index in [1.54, 1.807) is 18.2 Å². The summed E-state index contributed by atoms with van der Waals surface area (Å²) in [5.41, 5.74) is 0.792. The van der Waals surface area contributed by atoms with Gasteiger partial charge >= 0.3 is 0 Å². The third-order valence-corrected chi connectivity index (χ3v) is 2.92. The van der Waals surface area contributed by atoms with Gasteiger partial charge in [-0.05, 0) is 18.2 Å². The van der Waals surface area contributed by atoms with Crippen LogP contribution in [0.25, 0.3) is 0 Å². The number of aromatic nitrogens is 2. The summed E-state index contributed by atoms with van der Waals surface area (Å²) in [4.78, 5) is 8.74. The Hall–Kier alpha value is -1.52. The Balaban J connectivity index is 2.31. The minimum atomic E-state index is 0.577. The van der Waals surface area contributed by atoms with Crippen LogP contribution in [-0.4, -0.2) is 17.0 Å².